The van der Waals surface area contributed by atoms with Crippen LogP contribution in [-0.2, 0) is 21.1 Å². The number of carbonyl (C=O) groups is 1. The maximum atomic E-state index is 11.0. The van der Waals surface area contributed by atoms with Crippen LogP contribution in [-0.4, -0.2) is 36.4 Å². The molecular weight excluding hydrogens is 430 g/mol. The van der Waals surface area contributed by atoms with E-state index in [1.807, 2.05) is 62.8 Å². The first-order chi connectivity index (χ1) is 13.5. The number of nitrogens with zero attached hydrogens (tertiary/aromatic N) is 1. The SMILES string of the molecule is C/C=C/Sc1c(C)c(CC(=O)O)c2cc(Cl)ccn12.C=CC.CC.CS(C)(=O)=O. The fraction of sp³-hybridized carbons (Fsp3) is 0.381. The van der Waals surface area contributed by atoms with Crippen LogP contribution < -0.4 is 0 Å². The molecule has 0 aliphatic carbocycles. The molecule has 0 unspecified atom stereocenters. The summed E-state index contributed by atoms with van der Waals surface area (Å²) in [4.78, 5) is 11.0. The van der Waals surface area contributed by atoms with Crippen molar-refractivity contribution in [2.75, 3.05) is 12.5 Å². The van der Waals surface area contributed by atoms with Crippen molar-refractivity contribution in [1.29, 1.82) is 0 Å². The maximum absolute atomic E-state index is 11.0. The molecule has 8 heteroatoms. The molecule has 0 saturated heterocycles. The molecule has 0 aliphatic rings. The van der Waals surface area contributed by atoms with Gasteiger partial charge in [-0.3, -0.25) is 4.79 Å². The predicted octanol–water partition coefficient (Wildman–Crippen LogP) is 6.03. The van der Waals surface area contributed by atoms with E-state index in [2.05, 4.69) is 6.58 Å². The van der Waals surface area contributed by atoms with E-state index in [1.54, 1.807) is 23.9 Å². The van der Waals surface area contributed by atoms with Gasteiger partial charge in [0.05, 0.1) is 17.0 Å². The van der Waals surface area contributed by atoms with E-state index in [9.17, 15) is 13.2 Å². The fourth-order valence-electron chi connectivity index (χ4n) is 2.04. The lowest BCUT2D eigenvalue weighted by molar-refractivity contribution is -0.136. The van der Waals surface area contributed by atoms with Crippen molar-refractivity contribution in [1.82, 2.24) is 4.40 Å². The molecule has 5 nitrogen and oxygen atoms in total. The number of sulfone groups is 1. The van der Waals surface area contributed by atoms with E-state index < -0.39 is 15.8 Å². The lowest BCUT2D eigenvalue weighted by Crippen LogP contribution is -2.00. The monoisotopic (exact) mass is 461 g/mol. The van der Waals surface area contributed by atoms with E-state index in [0.29, 0.717) is 5.02 Å². The number of halogens is 1. The van der Waals surface area contributed by atoms with Gasteiger partial charge in [0.25, 0.3) is 0 Å². The van der Waals surface area contributed by atoms with Gasteiger partial charge in [-0.25, -0.2) is 8.42 Å². The quantitative estimate of drug-likeness (QED) is 0.444. The molecule has 0 radical (unpaired) electrons. The highest BCUT2D eigenvalue weighted by molar-refractivity contribution is 8.02. The highest BCUT2D eigenvalue weighted by Gasteiger charge is 2.17. The van der Waals surface area contributed by atoms with E-state index in [0.717, 1.165) is 34.2 Å². The number of aromatic nitrogens is 1. The number of rotatable bonds is 4. The van der Waals surface area contributed by atoms with Crippen LogP contribution in [0.2, 0.25) is 5.02 Å². The minimum Gasteiger partial charge on any atom is -0.481 e. The molecule has 1 N–H and O–H groups in total. The van der Waals surface area contributed by atoms with Crippen LogP contribution >= 0.6 is 23.4 Å². The first kappa shape index (κ1) is 29.5. The number of fused-ring (bicyclic) bond motifs is 1. The normalized spacial score (nSPS) is 10.2. The lowest BCUT2D eigenvalue weighted by atomic mass is 10.1. The molecule has 0 fully saturated rings. The van der Waals surface area contributed by atoms with Crippen LogP contribution in [0.3, 0.4) is 0 Å². The Hall–Kier alpha value is -1.70. The van der Waals surface area contributed by atoms with Gasteiger partial charge in [0.1, 0.15) is 9.84 Å². The van der Waals surface area contributed by atoms with Crippen molar-refractivity contribution in [3.05, 3.63) is 58.6 Å². The number of thioether (sulfide) groups is 1. The fourth-order valence-corrected chi connectivity index (χ4v) is 3.04. The van der Waals surface area contributed by atoms with E-state index in [1.165, 1.54) is 0 Å². The minimum atomic E-state index is -2.67. The zero-order valence-electron chi connectivity index (χ0n) is 18.2. The standard InChI is InChI=1S/C14H14ClNO2S.C3H6.C2H6O2S.C2H6/c1-3-6-19-14-9(2)11(8-13(17)18)12-7-10(15)4-5-16(12)14;1-3-2;1-5(2,3)4;1-2/h3-7H,8H2,1-2H3,(H,17,18);3H,1H2,2H3;1-2H3;1-2H3/b6-3+;;;. The van der Waals surface area contributed by atoms with Crippen molar-refractivity contribution in [3.8, 4) is 0 Å². The summed E-state index contributed by atoms with van der Waals surface area (Å²) in [6, 6.07) is 3.62. The number of carboxylic acid groups (broad SMARTS) is 1. The molecule has 0 saturated carbocycles. The lowest BCUT2D eigenvalue weighted by Gasteiger charge is -2.00. The third-order valence-corrected chi connectivity index (χ3v) is 4.23. The van der Waals surface area contributed by atoms with Crippen LogP contribution in [0.15, 0.2) is 47.5 Å². The molecular formula is C21H32ClNO4S2. The Morgan fingerprint density at radius 1 is 1.31 bits per heavy atom. The highest BCUT2D eigenvalue weighted by atomic mass is 35.5. The topological polar surface area (TPSA) is 75.8 Å². The average molecular weight is 462 g/mol. The van der Waals surface area contributed by atoms with Crippen molar-refractivity contribution in [2.24, 2.45) is 0 Å². The highest BCUT2D eigenvalue weighted by Crippen LogP contribution is 2.33. The predicted molar refractivity (Wildman–Crippen MR) is 127 cm³/mol. The van der Waals surface area contributed by atoms with Crippen molar-refractivity contribution < 1.29 is 18.3 Å². The summed E-state index contributed by atoms with van der Waals surface area (Å²) < 4.78 is 21.3. The van der Waals surface area contributed by atoms with E-state index in [4.69, 9.17) is 16.7 Å². The molecule has 29 heavy (non-hydrogen) atoms. The van der Waals surface area contributed by atoms with E-state index >= 15 is 0 Å². The van der Waals surface area contributed by atoms with Gasteiger partial charge in [0.15, 0.2) is 0 Å². The average Bonchev–Trinajstić information content (AvgIpc) is 2.85. The summed E-state index contributed by atoms with van der Waals surface area (Å²) in [6.07, 6.45) is 7.91. The Morgan fingerprint density at radius 3 is 2.21 bits per heavy atom. The summed E-state index contributed by atoms with van der Waals surface area (Å²) in [5.74, 6) is -0.835. The van der Waals surface area contributed by atoms with Crippen LogP contribution in [0.5, 0.6) is 0 Å². The summed E-state index contributed by atoms with van der Waals surface area (Å²) in [5.41, 5.74) is 2.68. The molecule has 164 valence electrons. The smallest absolute Gasteiger partial charge is 0.307 e. The molecule has 0 amide bonds. The second kappa shape index (κ2) is 15.2. The third kappa shape index (κ3) is 12.5. The molecule has 2 aromatic heterocycles. The molecule has 0 aromatic carbocycles. The largest absolute Gasteiger partial charge is 0.481 e. The number of hydrogen-bond acceptors (Lipinski definition) is 4. The van der Waals surface area contributed by atoms with Gasteiger partial charge in [0, 0.05) is 23.7 Å². The van der Waals surface area contributed by atoms with Crippen LogP contribution in [0, 0.1) is 6.92 Å². The van der Waals surface area contributed by atoms with Crippen molar-refractivity contribution in [2.45, 2.75) is 46.1 Å². The summed E-state index contributed by atoms with van der Waals surface area (Å²) in [5, 5.41) is 12.7. The minimum absolute atomic E-state index is 0.00603. The Balaban J connectivity index is 0. The maximum Gasteiger partial charge on any atom is 0.307 e. The molecule has 0 spiro atoms. The first-order valence-corrected chi connectivity index (χ1v) is 12.5. The van der Waals surface area contributed by atoms with Crippen LogP contribution in [0.1, 0.15) is 38.8 Å². The number of hydrogen-bond donors (Lipinski definition) is 1. The number of aliphatic carboxylic acids is 1. The summed E-state index contributed by atoms with van der Waals surface area (Å²) in [7, 11) is -2.67. The van der Waals surface area contributed by atoms with Gasteiger partial charge in [-0.1, -0.05) is 49.4 Å². The Bertz CT molecular complexity index is 908. The molecule has 2 rings (SSSR count). The van der Waals surface area contributed by atoms with Gasteiger partial charge in [-0.05, 0) is 49.4 Å². The van der Waals surface area contributed by atoms with E-state index in [-0.39, 0.29) is 6.42 Å². The Labute approximate surface area is 184 Å². The molecule has 2 heterocycles. The first-order valence-electron chi connectivity index (χ1n) is 8.96. The second-order valence-corrected chi connectivity index (χ2v) is 9.33. The van der Waals surface area contributed by atoms with Gasteiger partial charge >= 0.3 is 5.97 Å². The van der Waals surface area contributed by atoms with Crippen molar-refractivity contribution >= 4 is 44.7 Å². The molecule has 2 aromatic rings. The van der Waals surface area contributed by atoms with Gasteiger partial charge in [-0.15, -0.1) is 6.58 Å². The summed E-state index contributed by atoms with van der Waals surface area (Å²) in [6.45, 7) is 13.2. The zero-order chi connectivity index (χ0) is 23.2. The van der Waals surface area contributed by atoms with Gasteiger partial charge in [-0.2, -0.15) is 0 Å². The number of pyridine rings is 1. The van der Waals surface area contributed by atoms with Gasteiger partial charge < -0.3 is 9.51 Å². The van der Waals surface area contributed by atoms with Crippen LogP contribution in [0.4, 0.5) is 0 Å². The number of allylic oxidation sites excluding steroid dienone is 2. The summed E-state index contributed by atoms with van der Waals surface area (Å²) >= 11 is 7.59. The molecule has 0 aliphatic heterocycles. The Kier molecular flexibility index (Phi) is 15.4. The third-order valence-electron chi connectivity index (χ3n) is 2.86. The molecule has 0 bridgehead atoms. The van der Waals surface area contributed by atoms with Gasteiger partial charge in [0.2, 0.25) is 0 Å². The van der Waals surface area contributed by atoms with Crippen molar-refractivity contribution in [3.63, 3.8) is 0 Å². The zero-order valence-corrected chi connectivity index (χ0v) is 20.6. The van der Waals surface area contributed by atoms with Crippen LogP contribution in [0.25, 0.3) is 5.52 Å². The second-order valence-electron chi connectivity index (χ2n) is 5.72. The number of carboxylic acids is 1. The molecule has 0 atom stereocenters. The Morgan fingerprint density at radius 2 is 1.79 bits per heavy atom.